The summed E-state index contributed by atoms with van der Waals surface area (Å²) in [6, 6.07) is 23.1. The molecule has 0 aliphatic heterocycles. The summed E-state index contributed by atoms with van der Waals surface area (Å²) in [4.78, 5) is 28.8. The minimum Gasteiger partial charge on any atom is -0.296 e. The van der Waals surface area contributed by atoms with Crippen LogP contribution < -0.4 is 5.56 Å². The van der Waals surface area contributed by atoms with E-state index in [0.29, 0.717) is 62.2 Å². The average molecular weight is 514 g/mol. The number of aromatic nitrogens is 5. The lowest BCUT2D eigenvalue weighted by atomic mass is 10.1. The van der Waals surface area contributed by atoms with E-state index in [1.165, 1.54) is 0 Å². The Morgan fingerprint density at radius 3 is 2.25 bits per heavy atom. The van der Waals surface area contributed by atoms with E-state index in [9.17, 15) is 4.79 Å². The molecule has 3 aromatic heterocycles. The van der Waals surface area contributed by atoms with Crippen LogP contribution in [-0.4, -0.2) is 24.1 Å². The number of benzene rings is 3. The van der Waals surface area contributed by atoms with Gasteiger partial charge in [0.1, 0.15) is 16.7 Å². The molecular weight excluding hydrogens is 493 g/mol. The van der Waals surface area contributed by atoms with Gasteiger partial charge in [0.15, 0.2) is 11.3 Å². The second-order valence-corrected chi connectivity index (χ2v) is 9.41. The maximum atomic E-state index is 14.0. The molecule has 0 saturated carbocycles. The Balaban J connectivity index is 1.67. The normalized spacial score (nSPS) is 11.6. The molecule has 0 unspecified atom stereocenters. The van der Waals surface area contributed by atoms with Crippen LogP contribution in [0.25, 0.3) is 38.9 Å². The highest BCUT2D eigenvalue weighted by molar-refractivity contribution is 6.42. The molecule has 6 aromatic rings. The van der Waals surface area contributed by atoms with Gasteiger partial charge in [-0.05, 0) is 42.3 Å². The number of rotatable bonds is 5. The molecule has 0 spiro atoms. The summed E-state index contributed by atoms with van der Waals surface area (Å²) in [6.07, 6.45) is 1.33. The molecule has 6 nitrogen and oxygen atoms in total. The summed E-state index contributed by atoms with van der Waals surface area (Å²) in [5, 5.41) is 1.30. The zero-order valence-electron chi connectivity index (χ0n) is 19.4. The molecule has 0 aliphatic carbocycles. The van der Waals surface area contributed by atoms with Crippen molar-refractivity contribution in [2.45, 2.75) is 26.3 Å². The van der Waals surface area contributed by atoms with Crippen molar-refractivity contribution in [3.05, 3.63) is 105 Å². The van der Waals surface area contributed by atoms with Gasteiger partial charge < -0.3 is 0 Å². The quantitative estimate of drug-likeness (QED) is 0.267. The summed E-state index contributed by atoms with van der Waals surface area (Å²) in [6.45, 7) is 2.53. The Labute approximate surface area is 216 Å². The fourth-order valence-electron chi connectivity index (χ4n) is 4.62. The van der Waals surface area contributed by atoms with Gasteiger partial charge in [0.05, 0.1) is 26.8 Å². The molecule has 0 bridgehead atoms. The van der Waals surface area contributed by atoms with E-state index in [0.717, 1.165) is 17.5 Å². The van der Waals surface area contributed by atoms with Crippen LogP contribution in [0.15, 0.2) is 77.6 Å². The first-order valence-corrected chi connectivity index (χ1v) is 12.5. The summed E-state index contributed by atoms with van der Waals surface area (Å²) in [5.41, 5.74) is 4.78. The van der Waals surface area contributed by atoms with E-state index in [1.807, 2.05) is 60.0 Å². The number of halogens is 2. The van der Waals surface area contributed by atoms with Crippen molar-refractivity contribution in [1.82, 2.24) is 24.1 Å². The Hall–Kier alpha value is -3.74. The second kappa shape index (κ2) is 9.04. The Morgan fingerprint density at radius 1 is 0.806 bits per heavy atom. The molecule has 0 atom stereocenters. The average Bonchev–Trinajstić information content (AvgIpc) is 3.22. The van der Waals surface area contributed by atoms with Crippen LogP contribution >= 0.6 is 23.2 Å². The molecule has 0 aliphatic rings. The van der Waals surface area contributed by atoms with Gasteiger partial charge in [0, 0.05) is 13.0 Å². The smallest absolute Gasteiger partial charge is 0.265 e. The molecule has 0 N–H and O–H groups in total. The number of hydrogen-bond donors (Lipinski definition) is 0. The van der Waals surface area contributed by atoms with Crippen molar-refractivity contribution in [3.63, 3.8) is 0 Å². The van der Waals surface area contributed by atoms with Gasteiger partial charge in [-0.2, -0.15) is 0 Å². The van der Waals surface area contributed by atoms with Gasteiger partial charge >= 0.3 is 0 Å². The van der Waals surface area contributed by atoms with Crippen LogP contribution in [0.3, 0.4) is 0 Å². The van der Waals surface area contributed by atoms with E-state index in [1.54, 1.807) is 16.7 Å². The van der Waals surface area contributed by atoms with Gasteiger partial charge in [0.2, 0.25) is 0 Å². The standard InChI is InChI=1S/C28H21Cl2N5O/c1-2-23-33-26-24(28(36)34(23)15-14-17-8-4-3-5-9-17)25-27(32-22-11-7-6-10-21(22)31-25)35(26)18-12-13-19(29)20(30)16-18/h3-13,16H,2,14-15H2,1H3. The molecule has 0 radical (unpaired) electrons. The highest BCUT2D eigenvalue weighted by Gasteiger charge is 2.23. The lowest BCUT2D eigenvalue weighted by Crippen LogP contribution is -2.26. The van der Waals surface area contributed by atoms with Crippen molar-refractivity contribution in [3.8, 4) is 5.69 Å². The largest absolute Gasteiger partial charge is 0.296 e. The molecule has 0 fully saturated rings. The fraction of sp³-hybridized carbons (Fsp3) is 0.143. The molecule has 3 aromatic carbocycles. The molecule has 8 heteroatoms. The number of aryl methyl sites for hydroxylation is 2. The van der Waals surface area contributed by atoms with Crippen molar-refractivity contribution in [2.75, 3.05) is 0 Å². The van der Waals surface area contributed by atoms with Crippen LogP contribution in [0.4, 0.5) is 0 Å². The summed E-state index contributed by atoms with van der Waals surface area (Å²) >= 11 is 12.6. The number of fused-ring (bicyclic) bond motifs is 4. The lowest BCUT2D eigenvalue weighted by molar-refractivity contribution is 0.620. The topological polar surface area (TPSA) is 65.6 Å². The maximum Gasteiger partial charge on any atom is 0.265 e. The Morgan fingerprint density at radius 2 is 1.53 bits per heavy atom. The monoisotopic (exact) mass is 513 g/mol. The van der Waals surface area contributed by atoms with Crippen LogP contribution in [0.2, 0.25) is 10.0 Å². The highest BCUT2D eigenvalue weighted by Crippen LogP contribution is 2.31. The first-order chi connectivity index (χ1) is 17.5. The van der Waals surface area contributed by atoms with Gasteiger partial charge in [-0.3, -0.25) is 13.9 Å². The van der Waals surface area contributed by atoms with Gasteiger partial charge in [-0.1, -0.05) is 72.6 Å². The van der Waals surface area contributed by atoms with E-state index < -0.39 is 0 Å². The van der Waals surface area contributed by atoms with Crippen molar-refractivity contribution < 1.29 is 0 Å². The van der Waals surface area contributed by atoms with Gasteiger partial charge in [-0.15, -0.1) is 0 Å². The predicted molar refractivity (Wildman–Crippen MR) is 145 cm³/mol. The fourth-order valence-corrected chi connectivity index (χ4v) is 4.92. The van der Waals surface area contributed by atoms with Crippen LogP contribution in [-0.2, 0) is 19.4 Å². The predicted octanol–water partition coefficient (Wildman–Crippen LogP) is 6.40. The van der Waals surface area contributed by atoms with Crippen LogP contribution in [0, 0.1) is 0 Å². The van der Waals surface area contributed by atoms with E-state index in [-0.39, 0.29) is 5.56 Å². The van der Waals surface area contributed by atoms with E-state index in [2.05, 4.69) is 12.1 Å². The molecule has 6 rings (SSSR count). The summed E-state index contributed by atoms with van der Waals surface area (Å²) < 4.78 is 3.62. The van der Waals surface area contributed by atoms with Gasteiger partial charge in [0.25, 0.3) is 5.56 Å². The van der Waals surface area contributed by atoms with Crippen molar-refractivity contribution >= 4 is 56.4 Å². The highest BCUT2D eigenvalue weighted by atomic mass is 35.5. The van der Waals surface area contributed by atoms with Crippen molar-refractivity contribution in [2.24, 2.45) is 0 Å². The molecule has 0 amide bonds. The molecule has 3 heterocycles. The van der Waals surface area contributed by atoms with Crippen LogP contribution in [0.5, 0.6) is 0 Å². The van der Waals surface area contributed by atoms with E-state index >= 15 is 0 Å². The van der Waals surface area contributed by atoms with Gasteiger partial charge in [-0.25, -0.2) is 15.0 Å². The first-order valence-electron chi connectivity index (χ1n) is 11.7. The zero-order valence-corrected chi connectivity index (χ0v) is 21.0. The zero-order chi connectivity index (χ0) is 24.8. The first kappa shape index (κ1) is 22.7. The third-order valence-electron chi connectivity index (χ3n) is 6.39. The van der Waals surface area contributed by atoms with Crippen LogP contribution in [0.1, 0.15) is 18.3 Å². The molecular formula is C28H21Cl2N5O. The van der Waals surface area contributed by atoms with Crippen molar-refractivity contribution in [1.29, 1.82) is 0 Å². The summed E-state index contributed by atoms with van der Waals surface area (Å²) in [7, 11) is 0. The lowest BCUT2D eigenvalue weighted by Gasteiger charge is -2.13. The molecule has 36 heavy (non-hydrogen) atoms. The molecule has 0 saturated heterocycles. The number of para-hydroxylation sites is 2. The second-order valence-electron chi connectivity index (χ2n) is 8.59. The Kier molecular flexibility index (Phi) is 5.70. The minimum absolute atomic E-state index is 0.124. The number of hydrogen-bond acceptors (Lipinski definition) is 4. The number of nitrogens with zero attached hydrogens (tertiary/aromatic N) is 5. The summed E-state index contributed by atoms with van der Waals surface area (Å²) in [5.74, 6) is 0.706. The Bertz CT molecular complexity index is 1830. The third kappa shape index (κ3) is 3.74. The maximum absolute atomic E-state index is 14.0. The molecule has 178 valence electrons. The van der Waals surface area contributed by atoms with E-state index in [4.69, 9.17) is 38.2 Å². The minimum atomic E-state index is -0.124. The SMILES string of the molecule is CCc1nc2c(c(=O)n1CCc1ccccc1)c1nc3ccccc3nc1n2-c1ccc(Cl)c(Cl)c1. The third-order valence-corrected chi connectivity index (χ3v) is 7.13.